The molecule has 0 heterocycles. The molecule has 0 unspecified atom stereocenters. The van der Waals surface area contributed by atoms with E-state index >= 15 is 0 Å². The average Bonchev–Trinajstić information content (AvgIpc) is 2.28. The first-order valence-electron chi connectivity index (χ1n) is 5.35. The number of non-ortho nitro benzene ring substituents is 1. The van der Waals surface area contributed by atoms with Gasteiger partial charge < -0.3 is 0 Å². The Labute approximate surface area is 105 Å². The summed E-state index contributed by atoms with van der Waals surface area (Å²) >= 11 is 0. The normalized spacial score (nSPS) is 11.2. The fourth-order valence-corrected chi connectivity index (χ4v) is 2.71. The van der Waals surface area contributed by atoms with Gasteiger partial charge in [-0.05, 0) is 18.6 Å². The number of ketones is 1. The molecule has 0 bridgehead atoms. The van der Waals surface area contributed by atoms with Gasteiger partial charge in [-0.1, -0.05) is 6.92 Å². The van der Waals surface area contributed by atoms with E-state index in [-0.39, 0.29) is 22.8 Å². The quantitative estimate of drug-likeness (QED) is 0.580. The van der Waals surface area contributed by atoms with Crippen LogP contribution < -0.4 is 0 Å². The fraction of sp³-hybridized carbons (Fsp3) is 0.364. The van der Waals surface area contributed by atoms with Crippen LogP contribution in [0.2, 0.25) is 0 Å². The Kier molecular flexibility index (Phi) is 4.55. The predicted octanol–water partition coefficient (Wildman–Crippen LogP) is 1.74. The number of rotatable bonds is 6. The summed E-state index contributed by atoms with van der Waals surface area (Å²) in [5.74, 6) is -0.908. The van der Waals surface area contributed by atoms with Crippen LogP contribution in [0.15, 0.2) is 29.2 Å². The van der Waals surface area contributed by atoms with Crippen molar-refractivity contribution in [3.8, 4) is 0 Å². The summed E-state index contributed by atoms with van der Waals surface area (Å²) < 4.78 is 23.6. The van der Waals surface area contributed by atoms with Crippen LogP contribution in [0.25, 0.3) is 0 Å². The molecule has 0 amide bonds. The molecule has 1 rings (SSSR count). The number of nitrogens with zero attached hydrogens (tertiary/aromatic N) is 1. The number of nitro benzene ring substituents is 1. The van der Waals surface area contributed by atoms with Gasteiger partial charge in [0.1, 0.15) is 11.5 Å². The summed E-state index contributed by atoms with van der Waals surface area (Å²) in [6.07, 6.45) is 0.806. The van der Waals surface area contributed by atoms with E-state index in [9.17, 15) is 23.3 Å². The highest BCUT2D eigenvalue weighted by Crippen LogP contribution is 2.17. The number of Topliss-reactive ketones (excluding diaryl/α,β-unsaturated/α-hetero) is 1. The van der Waals surface area contributed by atoms with Gasteiger partial charge in [0.25, 0.3) is 5.69 Å². The van der Waals surface area contributed by atoms with Gasteiger partial charge >= 0.3 is 0 Å². The van der Waals surface area contributed by atoms with Crippen molar-refractivity contribution in [3.05, 3.63) is 34.4 Å². The third kappa shape index (κ3) is 3.63. The van der Waals surface area contributed by atoms with Crippen molar-refractivity contribution < 1.29 is 18.1 Å². The average molecular weight is 271 g/mol. The molecule has 7 heteroatoms. The molecule has 98 valence electrons. The Morgan fingerprint density at radius 3 is 2.28 bits per heavy atom. The summed E-state index contributed by atoms with van der Waals surface area (Å²) in [5.41, 5.74) is -0.186. The molecule has 0 atom stereocenters. The molecule has 0 aromatic heterocycles. The molecule has 0 fully saturated rings. The van der Waals surface area contributed by atoms with Crippen molar-refractivity contribution in [1.29, 1.82) is 0 Å². The highest BCUT2D eigenvalue weighted by Gasteiger charge is 2.19. The summed E-state index contributed by atoms with van der Waals surface area (Å²) in [6.45, 7) is 1.79. The van der Waals surface area contributed by atoms with Crippen LogP contribution in [-0.4, -0.2) is 24.9 Å². The Morgan fingerprint density at radius 1 is 1.28 bits per heavy atom. The first-order chi connectivity index (χ1) is 8.36. The Bertz CT molecular complexity index is 547. The smallest absolute Gasteiger partial charge is 0.269 e. The van der Waals surface area contributed by atoms with Crippen LogP contribution in [0.1, 0.15) is 19.8 Å². The van der Waals surface area contributed by atoms with Crippen LogP contribution >= 0.6 is 0 Å². The molecule has 18 heavy (non-hydrogen) atoms. The molecule has 0 saturated carbocycles. The van der Waals surface area contributed by atoms with Crippen molar-refractivity contribution in [1.82, 2.24) is 0 Å². The van der Waals surface area contributed by atoms with Gasteiger partial charge in [0.15, 0.2) is 9.84 Å². The number of benzene rings is 1. The van der Waals surface area contributed by atoms with Crippen molar-refractivity contribution in [3.63, 3.8) is 0 Å². The topological polar surface area (TPSA) is 94.3 Å². The van der Waals surface area contributed by atoms with Gasteiger partial charge in [0.05, 0.1) is 9.82 Å². The number of nitro groups is 1. The lowest BCUT2D eigenvalue weighted by Gasteiger charge is -2.03. The van der Waals surface area contributed by atoms with Crippen LogP contribution in [0.5, 0.6) is 0 Å². The van der Waals surface area contributed by atoms with E-state index in [1.807, 2.05) is 0 Å². The highest BCUT2D eigenvalue weighted by molar-refractivity contribution is 7.92. The molecule has 0 aliphatic heterocycles. The largest absolute Gasteiger partial charge is 0.299 e. The Hall–Kier alpha value is -1.76. The number of sulfone groups is 1. The molecule has 6 nitrogen and oxygen atoms in total. The maximum absolute atomic E-state index is 11.8. The van der Waals surface area contributed by atoms with E-state index in [1.54, 1.807) is 6.92 Å². The summed E-state index contributed by atoms with van der Waals surface area (Å²) in [4.78, 5) is 21.1. The summed E-state index contributed by atoms with van der Waals surface area (Å²) in [6, 6.07) is 4.51. The lowest BCUT2D eigenvalue weighted by Crippen LogP contribution is -2.15. The van der Waals surface area contributed by atoms with E-state index in [0.29, 0.717) is 6.42 Å². The molecular weight excluding hydrogens is 258 g/mol. The molecule has 1 aromatic rings. The van der Waals surface area contributed by atoms with E-state index in [0.717, 1.165) is 24.3 Å². The second kappa shape index (κ2) is 5.72. The molecule has 0 spiro atoms. The van der Waals surface area contributed by atoms with Crippen LogP contribution in [-0.2, 0) is 14.6 Å². The van der Waals surface area contributed by atoms with Gasteiger partial charge in [0.2, 0.25) is 0 Å². The number of hydrogen-bond donors (Lipinski definition) is 0. The third-order valence-electron chi connectivity index (χ3n) is 2.29. The standard InChI is InChI=1S/C11H13NO5S/c1-2-3-10(13)8-18(16,17)11-6-4-9(5-7-11)12(14)15/h4-7H,2-3,8H2,1H3. The third-order valence-corrected chi connectivity index (χ3v) is 3.98. The number of hydrogen-bond acceptors (Lipinski definition) is 5. The first kappa shape index (κ1) is 14.3. The second-order valence-corrected chi connectivity index (χ2v) is 5.79. The van der Waals surface area contributed by atoms with Gasteiger partial charge in [-0.3, -0.25) is 14.9 Å². The lowest BCUT2D eigenvalue weighted by atomic mass is 10.3. The molecule has 1 aromatic carbocycles. The minimum absolute atomic E-state index is 0.0717. The molecular formula is C11H13NO5S. The predicted molar refractivity (Wildman–Crippen MR) is 65.1 cm³/mol. The maximum atomic E-state index is 11.8. The van der Waals surface area contributed by atoms with Crippen molar-refractivity contribution in [2.45, 2.75) is 24.7 Å². The van der Waals surface area contributed by atoms with E-state index in [4.69, 9.17) is 0 Å². The molecule has 0 saturated heterocycles. The lowest BCUT2D eigenvalue weighted by molar-refractivity contribution is -0.384. The zero-order valence-electron chi connectivity index (χ0n) is 9.83. The second-order valence-electron chi connectivity index (χ2n) is 3.80. The van der Waals surface area contributed by atoms with Crippen LogP contribution in [0.4, 0.5) is 5.69 Å². The van der Waals surface area contributed by atoms with Crippen LogP contribution in [0, 0.1) is 10.1 Å². The first-order valence-corrected chi connectivity index (χ1v) is 7.01. The van der Waals surface area contributed by atoms with E-state index < -0.39 is 20.5 Å². The summed E-state index contributed by atoms with van der Waals surface area (Å²) in [5, 5.41) is 10.4. The molecule has 0 N–H and O–H groups in total. The zero-order valence-corrected chi connectivity index (χ0v) is 10.6. The monoisotopic (exact) mass is 271 g/mol. The van der Waals surface area contributed by atoms with Crippen molar-refractivity contribution >= 4 is 21.3 Å². The summed E-state index contributed by atoms with van der Waals surface area (Å²) in [7, 11) is -3.70. The Balaban J connectivity index is 2.92. The number of carbonyl (C=O) groups excluding carboxylic acids is 1. The zero-order chi connectivity index (χ0) is 13.8. The van der Waals surface area contributed by atoms with Crippen molar-refractivity contribution in [2.24, 2.45) is 0 Å². The maximum Gasteiger partial charge on any atom is 0.269 e. The number of carbonyl (C=O) groups is 1. The Morgan fingerprint density at radius 2 is 1.83 bits per heavy atom. The fourth-order valence-electron chi connectivity index (χ4n) is 1.42. The molecule has 0 aliphatic rings. The minimum Gasteiger partial charge on any atom is -0.299 e. The van der Waals surface area contributed by atoms with Gasteiger partial charge in [-0.15, -0.1) is 0 Å². The van der Waals surface area contributed by atoms with Crippen molar-refractivity contribution in [2.75, 3.05) is 5.75 Å². The molecule has 0 aliphatic carbocycles. The van der Waals surface area contributed by atoms with E-state index in [2.05, 4.69) is 0 Å². The van der Waals surface area contributed by atoms with Gasteiger partial charge in [-0.25, -0.2) is 8.42 Å². The van der Waals surface area contributed by atoms with Gasteiger partial charge in [-0.2, -0.15) is 0 Å². The van der Waals surface area contributed by atoms with Gasteiger partial charge in [0, 0.05) is 18.6 Å². The highest BCUT2D eigenvalue weighted by atomic mass is 32.2. The van der Waals surface area contributed by atoms with Crippen LogP contribution in [0.3, 0.4) is 0 Å². The van der Waals surface area contributed by atoms with E-state index in [1.165, 1.54) is 0 Å². The molecule has 0 radical (unpaired) electrons. The minimum atomic E-state index is -3.70. The SMILES string of the molecule is CCCC(=O)CS(=O)(=O)c1ccc([N+](=O)[O-])cc1.